The Kier molecular flexibility index (Phi) is 7.45. The largest absolute Gasteiger partial charge is 0.490 e. The lowest BCUT2D eigenvalue weighted by Gasteiger charge is -2.50. The zero-order chi connectivity index (χ0) is 21.7. The first-order valence-electron chi connectivity index (χ1n) is 9.32. The van der Waals surface area contributed by atoms with Crippen LogP contribution in [0.5, 0.6) is 5.88 Å². The van der Waals surface area contributed by atoms with Gasteiger partial charge >= 0.3 is 12.1 Å². The molecule has 0 aromatic carbocycles. The number of hydrogen-bond acceptors (Lipinski definition) is 5. The summed E-state index contributed by atoms with van der Waals surface area (Å²) in [5.41, 5.74) is -0.127. The highest BCUT2D eigenvalue weighted by molar-refractivity contribution is 5.79. The summed E-state index contributed by atoms with van der Waals surface area (Å²) < 4.78 is 43.4. The number of aliphatic carboxylic acids is 1. The lowest BCUT2D eigenvalue weighted by atomic mass is 9.78. The molecule has 1 N–H and O–H groups in total. The quantitative estimate of drug-likeness (QED) is 0.791. The molecule has 1 spiro atoms. The SMILES string of the molecule is CC(C)C(=O)N1CC2(C1)OCCC2CCOc1ccccn1.O=C(O)C(F)(F)F. The van der Waals surface area contributed by atoms with Crippen molar-refractivity contribution in [2.24, 2.45) is 11.8 Å². The van der Waals surface area contributed by atoms with Gasteiger partial charge in [0.2, 0.25) is 11.8 Å². The number of halogens is 3. The Labute approximate surface area is 166 Å². The summed E-state index contributed by atoms with van der Waals surface area (Å²) in [5, 5.41) is 7.12. The highest BCUT2D eigenvalue weighted by Gasteiger charge is 2.54. The summed E-state index contributed by atoms with van der Waals surface area (Å²) in [6, 6.07) is 5.67. The van der Waals surface area contributed by atoms with Crippen molar-refractivity contribution in [2.75, 3.05) is 26.3 Å². The molecule has 0 saturated carbocycles. The summed E-state index contributed by atoms with van der Waals surface area (Å²) in [6.07, 6.45) is -1.35. The van der Waals surface area contributed by atoms with E-state index in [0.717, 1.165) is 32.5 Å². The number of likely N-dealkylation sites (tertiary alicyclic amines) is 1. The van der Waals surface area contributed by atoms with Crippen molar-refractivity contribution in [3.8, 4) is 5.88 Å². The van der Waals surface area contributed by atoms with E-state index in [4.69, 9.17) is 19.4 Å². The zero-order valence-electron chi connectivity index (χ0n) is 16.3. The number of carboxylic acids is 1. The fourth-order valence-electron chi connectivity index (χ4n) is 3.40. The first-order valence-corrected chi connectivity index (χ1v) is 9.32. The van der Waals surface area contributed by atoms with E-state index in [9.17, 15) is 18.0 Å². The number of pyridine rings is 1. The molecule has 1 unspecified atom stereocenters. The number of carboxylic acid groups (broad SMARTS) is 1. The van der Waals surface area contributed by atoms with Gasteiger partial charge in [0.15, 0.2) is 0 Å². The molecule has 3 heterocycles. The molecular formula is C19H25F3N2O5. The topological polar surface area (TPSA) is 89.0 Å². The summed E-state index contributed by atoms with van der Waals surface area (Å²) in [5.74, 6) is -1.34. The molecule has 1 amide bonds. The van der Waals surface area contributed by atoms with Gasteiger partial charge in [-0.3, -0.25) is 4.79 Å². The maximum Gasteiger partial charge on any atom is 0.490 e. The third-order valence-corrected chi connectivity index (χ3v) is 4.92. The lowest BCUT2D eigenvalue weighted by molar-refractivity contribution is -0.192. The van der Waals surface area contributed by atoms with Crippen LogP contribution in [0.4, 0.5) is 13.2 Å². The summed E-state index contributed by atoms with van der Waals surface area (Å²) in [4.78, 5) is 27.0. The number of carbonyl (C=O) groups is 2. The van der Waals surface area contributed by atoms with Gasteiger partial charge in [-0.15, -0.1) is 0 Å². The number of aromatic nitrogens is 1. The minimum atomic E-state index is -5.08. The van der Waals surface area contributed by atoms with Crippen LogP contribution in [-0.2, 0) is 14.3 Å². The minimum Gasteiger partial charge on any atom is -0.478 e. The monoisotopic (exact) mass is 418 g/mol. The van der Waals surface area contributed by atoms with Gasteiger partial charge in [0.25, 0.3) is 0 Å². The highest BCUT2D eigenvalue weighted by atomic mass is 19.4. The molecule has 0 radical (unpaired) electrons. The third-order valence-electron chi connectivity index (χ3n) is 4.92. The molecule has 2 saturated heterocycles. The Balaban J connectivity index is 0.000000370. The second kappa shape index (κ2) is 9.43. The molecule has 7 nitrogen and oxygen atoms in total. The van der Waals surface area contributed by atoms with Crippen LogP contribution in [0.25, 0.3) is 0 Å². The van der Waals surface area contributed by atoms with E-state index in [0.29, 0.717) is 18.4 Å². The van der Waals surface area contributed by atoms with Crippen LogP contribution in [0.15, 0.2) is 24.4 Å². The average Bonchev–Trinajstić information content (AvgIpc) is 3.04. The van der Waals surface area contributed by atoms with E-state index in [1.54, 1.807) is 6.20 Å². The van der Waals surface area contributed by atoms with Gasteiger partial charge in [0.1, 0.15) is 5.60 Å². The molecule has 29 heavy (non-hydrogen) atoms. The van der Waals surface area contributed by atoms with Crippen LogP contribution in [0.1, 0.15) is 26.7 Å². The first kappa shape index (κ1) is 22.9. The van der Waals surface area contributed by atoms with Gasteiger partial charge in [-0.2, -0.15) is 13.2 Å². The molecule has 1 atom stereocenters. The lowest BCUT2D eigenvalue weighted by Crippen LogP contribution is -2.66. The Morgan fingerprint density at radius 1 is 1.38 bits per heavy atom. The maximum atomic E-state index is 12.0. The standard InChI is InChI=1S/C17H24N2O3.C2HF3O2/c1-13(2)16(20)19-11-17(12-19)14(7-10-22-17)6-9-21-15-5-3-4-8-18-15;3-2(4,5)1(6)7/h3-5,8,13-14H,6-7,9-12H2,1-2H3;(H,6,7). The van der Waals surface area contributed by atoms with Crippen LogP contribution in [-0.4, -0.2) is 64.9 Å². The number of alkyl halides is 3. The van der Waals surface area contributed by atoms with E-state index in [2.05, 4.69) is 4.98 Å². The molecule has 0 aliphatic carbocycles. The Morgan fingerprint density at radius 3 is 2.55 bits per heavy atom. The van der Waals surface area contributed by atoms with Crippen molar-refractivity contribution in [3.63, 3.8) is 0 Å². The number of ether oxygens (including phenoxy) is 2. The van der Waals surface area contributed by atoms with Gasteiger partial charge < -0.3 is 19.5 Å². The van der Waals surface area contributed by atoms with Crippen LogP contribution >= 0.6 is 0 Å². The first-order chi connectivity index (χ1) is 13.5. The Bertz CT molecular complexity index is 691. The van der Waals surface area contributed by atoms with Crippen LogP contribution in [0.3, 0.4) is 0 Å². The molecule has 162 valence electrons. The summed E-state index contributed by atoms with van der Waals surface area (Å²) in [6.45, 7) is 6.79. The molecule has 3 rings (SSSR count). The average molecular weight is 418 g/mol. The molecule has 1 aromatic rings. The van der Waals surface area contributed by atoms with Crippen LogP contribution in [0, 0.1) is 11.8 Å². The minimum absolute atomic E-state index is 0.0599. The Morgan fingerprint density at radius 2 is 2.03 bits per heavy atom. The number of nitrogens with zero attached hydrogens (tertiary/aromatic N) is 2. The zero-order valence-corrected chi connectivity index (χ0v) is 16.3. The number of amides is 1. The molecule has 2 aliphatic heterocycles. The van der Waals surface area contributed by atoms with Crippen molar-refractivity contribution < 1.29 is 37.3 Å². The second-order valence-corrected chi connectivity index (χ2v) is 7.36. The van der Waals surface area contributed by atoms with Gasteiger partial charge in [0, 0.05) is 24.8 Å². The summed E-state index contributed by atoms with van der Waals surface area (Å²) in [7, 11) is 0. The number of carbonyl (C=O) groups excluding carboxylic acids is 1. The van der Waals surface area contributed by atoms with Gasteiger partial charge in [-0.05, 0) is 24.8 Å². The smallest absolute Gasteiger partial charge is 0.478 e. The van der Waals surface area contributed by atoms with Crippen molar-refractivity contribution in [3.05, 3.63) is 24.4 Å². The van der Waals surface area contributed by atoms with Crippen LogP contribution in [0.2, 0.25) is 0 Å². The van der Waals surface area contributed by atoms with Gasteiger partial charge in [-0.1, -0.05) is 19.9 Å². The molecule has 2 aliphatic rings. The van der Waals surface area contributed by atoms with E-state index in [1.165, 1.54) is 0 Å². The maximum absolute atomic E-state index is 12.0. The van der Waals surface area contributed by atoms with Crippen LogP contribution < -0.4 is 4.74 Å². The van der Waals surface area contributed by atoms with E-state index < -0.39 is 12.1 Å². The second-order valence-electron chi connectivity index (χ2n) is 7.36. The van der Waals surface area contributed by atoms with Crippen molar-refractivity contribution in [2.45, 2.75) is 38.5 Å². The van der Waals surface area contributed by atoms with Gasteiger partial charge in [-0.25, -0.2) is 9.78 Å². The van der Waals surface area contributed by atoms with Crippen molar-refractivity contribution in [1.29, 1.82) is 0 Å². The van der Waals surface area contributed by atoms with Crippen molar-refractivity contribution in [1.82, 2.24) is 9.88 Å². The predicted octanol–water partition coefficient (Wildman–Crippen LogP) is 2.76. The Hall–Kier alpha value is -2.36. The normalized spacial score (nSPS) is 20.1. The molecular weight excluding hydrogens is 393 g/mol. The summed E-state index contributed by atoms with van der Waals surface area (Å²) >= 11 is 0. The number of rotatable bonds is 5. The molecule has 1 aromatic heterocycles. The third kappa shape index (κ3) is 6.06. The molecule has 0 bridgehead atoms. The van der Waals surface area contributed by atoms with E-state index >= 15 is 0 Å². The number of hydrogen-bond donors (Lipinski definition) is 1. The predicted molar refractivity (Wildman–Crippen MR) is 96.2 cm³/mol. The van der Waals surface area contributed by atoms with E-state index in [1.807, 2.05) is 36.9 Å². The fourth-order valence-corrected chi connectivity index (χ4v) is 3.40. The van der Waals surface area contributed by atoms with E-state index in [-0.39, 0.29) is 17.4 Å². The molecule has 10 heteroatoms. The fraction of sp³-hybridized carbons (Fsp3) is 0.632. The highest BCUT2D eigenvalue weighted by Crippen LogP contribution is 2.42. The van der Waals surface area contributed by atoms with Crippen molar-refractivity contribution >= 4 is 11.9 Å². The molecule has 2 fully saturated rings. The van der Waals surface area contributed by atoms with Gasteiger partial charge in [0.05, 0.1) is 19.7 Å².